The van der Waals surface area contributed by atoms with Crippen LogP contribution in [0.4, 0.5) is 23.3 Å². The zero-order valence-electron chi connectivity index (χ0n) is 9.74. The van der Waals surface area contributed by atoms with E-state index >= 15 is 0 Å². The molecule has 0 unspecified atom stereocenters. The number of rotatable bonds is 3. The van der Waals surface area contributed by atoms with Gasteiger partial charge in [-0.05, 0) is 24.6 Å². The molecule has 18 heavy (non-hydrogen) atoms. The second-order valence-corrected chi connectivity index (χ2v) is 4.16. The first-order chi connectivity index (χ1) is 8.58. The summed E-state index contributed by atoms with van der Waals surface area (Å²) in [6.45, 7) is 1.97. The van der Waals surface area contributed by atoms with Gasteiger partial charge in [0, 0.05) is 6.07 Å². The molecule has 0 spiro atoms. The summed E-state index contributed by atoms with van der Waals surface area (Å²) in [5.41, 5.74) is 9.81. The molecule has 7 heteroatoms. The van der Waals surface area contributed by atoms with Gasteiger partial charge < -0.3 is 16.5 Å². The highest BCUT2D eigenvalue weighted by Gasteiger charge is 2.05. The summed E-state index contributed by atoms with van der Waals surface area (Å²) in [5.74, 6) is 6.35. The number of nitrogens with zero attached hydrogens (tertiary/aromatic N) is 2. The van der Waals surface area contributed by atoms with Crippen LogP contribution in [0.3, 0.4) is 0 Å². The van der Waals surface area contributed by atoms with Crippen LogP contribution >= 0.6 is 11.6 Å². The van der Waals surface area contributed by atoms with Gasteiger partial charge in [0.2, 0.25) is 5.95 Å². The Bertz CT molecular complexity index is 571. The Labute approximate surface area is 109 Å². The average Bonchev–Trinajstić information content (AvgIpc) is 2.33. The van der Waals surface area contributed by atoms with E-state index in [1.165, 1.54) is 0 Å². The number of aromatic nitrogens is 2. The molecule has 2 aromatic rings. The fraction of sp³-hybridized carbons (Fsp3) is 0.0909. The van der Waals surface area contributed by atoms with Crippen LogP contribution in [0.5, 0.6) is 0 Å². The van der Waals surface area contributed by atoms with Gasteiger partial charge >= 0.3 is 0 Å². The van der Waals surface area contributed by atoms with Crippen molar-refractivity contribution in [3.05, 3.63) is 34.9 Å². The average molecular weight is 265 g/mol. The number of hydrogen-bond donors (Lipinski definition) is 4. The van der Waals surface area contributed by atoms with E-state index in [2.05, 4.69) is 20.7 Å². The molecule has 0 amide bonds. The molecule has 0 saturated heterocycles. The van der Waals surface area contributed by atoms with Gasteiger partial charge in [-0.25, -0.2) is 5.84 Å². The van der Waals surface area contributed by atoms with Gasteiger partial charge in [-0.3, -0.25) is 0 Å². The number of benzene rings is 1. The van der Waals surface area contributed by atoms with Crippen molar-refractivity contribution >= 4 is 34.9 Å². The van der Waals surface area contributed by atoms with E-state index < -0.39 is 0 Å². The van der Waals surface area contributed by atoms with Crippen LogP contribution < -0.4 is 22.3 Å². The summed E-state index contributed by atoms with van der Waals surface area (Å²) >= 11 is 6.08. The Morgan fingerprint density at radius 2 is 1.89 bits per heavy atom. The fourth-order valence-electron chi connectivity index (χ4n) is 1.48. The van der Waals surface area contributed by atoms with Crippen LogP contribution in [0.25, 0.3) is 0 Å². The number of nitrogen functional groups attached to an aromatic ring is 2. The van der Waals surface area contributed by atoms with Gasteiger partial charge in [0.1, 0.15) is 11.6 Å². The van der Waals surface area contributed by atoms with Gasteiger partial charge in [-0.2, -0.15) is 9.97 Å². The van der Waals surface area contributed by atoms with Crippen LogP contribution in [0.1, 0.15) is 5.56 Å². The minimum Gasteiger partial charge on any atom is -0.368 e. The molecule has 94 valence electrons. The first kappa shape index (κ1) is 12.4. The number of anilines is 4. The molecule has 0 atom stereocenters. The minimum absolute atomic E-state index is 0.122. The lowest BCUT2D eigenvalue weighted by Gasteiger charge is -2.10. The van der Waals surface area contributed by atoms with Crippen LogP contribution in [0, 0.1) is 6.92 Å². The number of hydrogen-bond acceptors (Lipinski definition) is 6. The van der Waals surface area contributed by atoms with Gasteiger partial charge in [0.05, 0.1) is 10.7 Å². The predicted molar refractivity (Wildman–Crippen MR) is 73.7 cm³/mol. The Kier molecular flexibility index (Phi) is 3.50. The lowest BCUT2D eigenvalue weighted by atomic mass is 10.2. The second-order valence-electron chi connectivity index (χ2n) is 3.75. The number of hydrazine groups is 1. The maximum absolute atomic E-state index is 6.08. The van der Waals surface area contributed by atoms with E-state index in [4.69, 9.17) is 23.2 Å². The normalized spacial score (nSPS) is 10.2. The fourth-order valence-corrected chi connectivity index (χ4v) is 1.64. The largest absolute Gasteiger partial charge is 0.368 e. The minimum atomic E-state index is 0.122. The molecule has 2 rings (SSSR count). The van der Waals surface area contributed by atoms with Crippen molar-refractivity contribution in [1.82, 2.24) is 9.97 Å². The maximum Gasteiger partial charge on any atom is 0.223 e. The third-order valence-electron chi connectivity index (χ3n) is 2.28. The van der Waals surface area contributed by atoms with E-state index in [9.17, 15) is 0 Å². The highest BCUT2D eigenvalue weighted by Crippen LogP contribution is 2.26. The summed E-state index contributed by atoms with van der Waals surface area (Å²) < 4.78 is 0. The number of nitrogens with one attached hydrogen (secondary N) is 2. The third-order valence-corrected chi connectivity index (χ3v) is 2.61. The molecule has 0 fully saturated rings. The third kappa shape index (κ3) is 2.79. The summed E-state index contributed by atoms with van der Waals surface area (Å²) in [5, 5.41) is 3.67. The first-order valence-electron chi connectivity index (χ1n) is 5.23. The van der Waals surface area contributed by atoms with E-state index in [1.807, 2.05) is 25.1 Å². The molecule has 0 aliphatic rings. The predicted octanol–water partition coefficient (Wildman–Crippen LogP) is 2.05. The molecule has 1 aromatic carbocycles. The van der Waals surface area contributed by atoms with E-state index in [0.717, 1.165) is 11.3 Å². The molecular formula is C11H13ClN6. The van der Waals surface area contributed by atoms with Crippen LogP contribution in [0.2, 0.25) is 5.02 Å². The molecule has 1 heterocycles. The zero-order valence-corrected chi connectivity index (χ0v) is 10.5. The molecule has 0 saturated carbocycles. The Hall–Kier alpha value is -2.05. The topological polar surface area (TPSA) is 102 Å². The summed E-state index contributed by atoms with van der Waals surface area (Å²) in [6, 6.07) is 7.28. The van der Waals surface area contributed by atoms with E-state index in [0.29, 0.717) is 16.7 Å². The number of nitrogens with two attached hydrogens (primary N) is 2. The molecule has 1 aromatic heterocycles. The zero-order chi connectivity index (χ0) is 13.1. The highest BCUT2D eigenvalue weighted by molar-refractivity contribution is 6.33. The van der Waals surface area contributed by atoms with E-state index in [-0.39, 0.29) is 5.95 Å². The summed E-state index contributed by atoms with van der Waals surface area (Å²) in [4.78, 5) is 7.94. The van der Waals surface area contributed by atoms with Crippen LogP contribution in [-0.2, 0) is 0 Å². The van der Waals surface area contributed by atoms with Gasteiger partial charge in [-0.15, -0.1) is 0 Å². The van der Waals surface area contributed by atoms with Crippen molar-refractivity contribution in [2.75, 3.05) is 16.5 Å². The van der Waals surface area contributed by atoms with Crippen LogP contribution in [0.15, 0.2) is 24.3 Å². The van der Waals surface area contributed by atoms with Crippen molar-refractivity contribution < 1.29 is 0 Å². The number of halogens is 1. The lowest BCUT2D eigenvalue weighted by molar-refractivity contribution is 1.15. The molecule has 0 aliphatic heterocycles. The molecule has 6 N–H and O–H groups in total. The summed E-state index contributed by atoms with van der Waals surface area (Å²) in [7, 11) is 0. The van der Waals surface area contributed by atoms with E-state index in [1.54, 1.807) is 6.07 Å². The molecule has 0 radical (unpaired) electrons. The van der Waals surface area contributed by atoms with Crippen LogP contribution in [-0.4, -0.2) is 9.97 Å². The van der Waals surface area contributed by atoms with Crippen molar-refractivity contribution in [1.29, 1.82) is 0 Å². The lowest BCUT2D eigenvalue weighted by Crippen LogP contribution is -2.11. The molecular weight excluding hydrogens is 252 g/mol. The second kappa shape index (κ2) is 5.07. The molecule has 0 bridgehead atoms. The Morgan fingerprint density at radius 1 is 1.17 bits per heavy atom. The quantitative estimate of drug-likeness (QED) is 0.500. The highest BCUT2D eigenvalue weighted by atomic mass is 35.5. The molecule has 0 aliphatic carbocycles. The SMILES string of the molecule is Cc1ccc(Cl)c(Nc2cc(NN)nc(N)n2)c1. The smallest absolute Gasteiger partial charge is 0.223 e. The molecule has 6 nitrogen and oxygen atoms in total. The van der Waals surface area contributed by atoms with Gasteiger partial charge in [0.15, 0.2) is 0 Å². The van der Waals surface area contributed by atoms with Crippen molar-refractivity contribution in [2.45, 2.75) is 6.92 Å². The Balaban J connectivity index is 2.33. The van der Waals surface area contributed by atoms with Crippen molar-refractivity contribution in [3.8, 4) is 0 Å². The number of aryl methyl sites for hydroxylation is 1. The van der Waals surface area contributed by atoms with Crippen molar-refractivity contribution in [2.24, 2.45) is 5.84 Å². The van der Waals surface area contributed by atoms with Gasteiger partial charge in [-0.1, -0.05) is 17.7 Å². The van der Waals surface area contributed by atoms with Crippen molar-refractivity contribution in [3.63, 3.8) is 0 Å². The first-order valence-corrected chi connectivity index (χ1v) is 5.60. The summed E-state index contributed by atoms with van der Waals surface area (Å²) in [6.07, 6.45) is 0. The maximum atomic E-state index is 6.08. The standard InChI is InChI=1S/C11H13ClN6/c1-6-2-3-7(12)8(4-6)15-9-5-10(18-14)17-11(13)16-9/h2-5H,14H2,1H3,(H4,13,15,16,17,18). The monoisotopic (exact) mass is 264 g/mol. The Morgan fingerprint density at radius 3 is 2.61 bits per heavy atom. The van der Waals surface area contributed by atoms with Gasteiger partial charge in [0.25, 0.3) is 0 Å².